The van der Waals surface area contributed by atoms with Crippen LogP contribution in [-0.4, -0.2) is 60.6 Å². The average Bonchev–Trinajstić information content (AvgIpc) is 3.17. The van der Waals surface area contributed by atoms with Crippen LogP contribution in [0.2, 0.25) is 0 Å². The molecule has 1 aliphatic rings. The predicted octanol–water partition coefficient (Wildman–Crippen LogP) is 1.71. The van der Waals surface area contributed by atoms with Crippen molar-refractivity contribution in [3.8, 4) is 5.75 Å². The minimum atomic E-state index is -0.631. The average molecular weight is 344 g/mol. The maximum Gasteiger partial charge on any atom is 0.227 e. The van der Waals surface area contributed by atoms with Gasteiger partial charge in [0.2, 0.25) is 5.91 Å². The number of hydrogen-bond acceptors (Lipinski definition) is 5. The molecule has 1 aromatic heterocycles. The van der Waals surface area contributed by atoms with Gasteiger partial charge in [0.1, 0.15) is 17.6 Å². The lowest BCUT2D eigenvalue weighted by Crippen LogP contribution is -2.50. The Morgan fingerprint density at radius 3 is 2.72 bits per heavy atom. The van der Waals surface area contributed by atoms with E-state index in [4.69, 9.17) is 9.15 Å². The van der Waals surface area contributed by atoms with Gasteiger partial charge in [0.25, 0.3) is 0 Å². The van der Waals surface area contributed by atoms with E-state index in [1.165, 1.54) is 0 Å². The van der Waals surface area contributed by atoms with Gasteiger partial charge in [0.15, 0.2) is 0 Å². The van der Waals surface area contributed by atoms with Crippen LogP contribution in [0.3, 0.4) is 0 Å². The van der Waals surface area contributed by atoms with Crippen LogP contribution < -0.4 is 4.74 Å². The number of aliphatic hydroxyl groups is 1. The molecule has 1 fully saturated rings. The molecule has 6 heteroatoms. The highest BCUT2D eigenvalue weighted by Gasteiger charge is 2.23. The number of benzene rings is 1. The zero-order chi connectivity index (χ0) is 17.6. The van der Waals surface area contributed by atoms with Crippen LogP contribution in [0.25, 0.3) is 0 Å². The highest BCUT2D eigenvalue weighted by Crippen LogP contribution is 2.17. The predicted molar refractivity (Wildman–Crippen MR) is 93.4 cm³/mol. The molecular weight excluding hydrogens is 320 g/mol. The zero-order valence-electron chi connectivity index (χ0n) is 14.4. The first kappa shape index (κ1) is 17.5. The molecule has 0 saturated carbocycles. The minimum Gasteiger partial charge on any atom is -0.497 e. The van der Waals surface area contributed by atoms with E-state index in [9.17, 15) is 9.90 Å². The number of rotatable bonds is 6. The van der Waals surface area contributed by atoms with Gasteiger partial charge in [-0.3, -0.25) is 9.69 Å². The molecule has 2 aromatic rings. The zero-order valence-corrected chi connectivity index (χ0v) is 14.4. The van der Waals surface area contributed by atoms with Crippen molar-refractivity contribution in [3.05, 3.63) is 54.0 Å². The van der Waals surface area contributed by atoms with Crippen LogP contribution in [0.4, 0.5) is 0 Å². The second kappa shape index (κ2) is 8.18. The molecule has 0 spiro atoms. The van der Waals surface area contributed by atoms with Crippen LogP contribution in [-0.2, 0) is 11.2 Å². The SMILES string of the molecule is COc1cccc(CC(=O)N2CCN(C[C@H](O)c3ccco3)CC2)c1. The monoisotopic (exact) mass is 344 g/mol. The smallest absolute Gasteiger partial charge is 0.227 e. The maximum absolute atomic E-state index is 12.5. The molecule has 1 atom stereocenters. The van der Waals surface area contributed by atoms with Crippen LogP contribution in [0.15, 0.2) is 47.1 Å². The molecule has 6 nitrogen and oxygen atoms in total. The van der Waals surface area contributed by atoms with Crippen LogP contribution in [0.1, 0.15) is 17.4 Å². The van der Waals surface area contributed by atoms with Crippen molar-refractivity contribution in [1.82, 2.24) is 9.80 Å². The first-order valence-corrected chi connectivity index (χ1v) is 8.50. The lowest BCUT2D eigenvalue weighted by atomic mass is 10.1. The summed E-state index contributed by atoms with van der Waals surface area (Å²) in [5.74, 6) is 1.47. The fraction of sp³-hybridized carbons (Fsp3) is 0.421. The number of ether oxygens (including phenoxy) is 1. The first-order valence-electron chi connectivity index (χ1n) is 8.50. The normalized spacial score (nSPS) is 16.6. The minimum absolute atomic E-state index is 0.125. The van der Waals surface area contributed by atoms with Crippen molar-refractivity contribution in [2.45, 2.75) is 12.5 Å². The van der Waals surface area contributed by atoms with Gasteiger partial charge in [0.05, 0.1) is 19.8 Å². The Labute approximate surface area is 147 Å². The fourth-order valence-corrected chi connectivity index (χ4v) is 3.06. The Kier molecular flexibility index (Phi) is 5.73. The molecule has 1 N–H and O–H groups in total. The van der Waals surface area contributed by atoms with Gasteiger partial charge in [-0.25, -0.2) is 0 Å². The molecule has 3 rings (SSSR count). The molecule has 134 valence electrons. The number of carbonyl (C=O) groups excluding carboxylic acids is 1. The highest BCUT2D eigenvalue weighted by atomic mass is 16.5. The number of amides is 1. The Morgan fingerprint density at radius 1 is 1.24 bits per heavy atom. The summed E-state index contributed by atoms with van der Waals surface area (Å²) >= 11 is 0. The molecule has 0 radical (unpaired) electrons. The fourth-order valence-electron chi connectivity index (χ4n) is 3.06. The largest absolute Gasteiger partial charge is 0.497 e. The van der Waals surface area contributed by atoms with E-state index < -0.39 is 6.10 Å². The molecule has 0 aliphatic carbocycles. The second-order valence-electron chi connectivity index (χ2n) is 6.24. The van der Waals surface area contributed by atoms with E-state index >= 15 is 0 Å². The van der Waals surface area contributed by atoms with Crippen LogP contribution in [0, 0.1) is 0 Å². The third-order valence-corrected chi connectivity index (χ3v) is 4.52. The Balaban J connectivity index is 1.47. The summed E-state index contributed by atoms with van der Waals surface area (Å²) in [5.41, 5.74) is 0.958. The van der Waals surface area contributed by atoms with E-state index in [0.29, 0.717) is 31.8 Å². The molecule has 2 heterocycles. The lowest BCUT2D eigenvalue weighted by Gasteiger charge is -2.35. The standard InChI is InChI=1S/C19H24N2O4/c1-24-16-5-2-4-15(12-16)13-19(23)21-9-7-20(8-10-21)14-17(22)18-6-3-11-25-18/h2-6,11-12,17,22H,7-10,13-14H2,1H3/t17-/m0/s1. The second-order valence-corrected chi connectivity index (χ2v) is 6.24. The van der Waals surface area contributed by atoms with Gasteiger partial charge in [-0.1, -0.05) is 12.1 Å². The number of methoxy groups -OCH3 is 1. The summed E-state index contributed by atoms with van der Waals surface area (Å²) in [6.07, 6.45) is 1.31. The summed E-state index contributed by atoms with van der Waals surface area (Å²) in [6.45, 7) is 3.37. The van der Waals surface area contributed by atoms with Gasteiger partial charge in [-0.2, -0.15) is 0 Å². The maximum atomic E-state index is 12.5. The molecular formula is C19H24N2O4. The number of β-amino-alcohol motifs (C(OH)–C–C–N with tert-alkyl or cyclic N) is 1. The number of piperazine rings is 1. The van der Waals surface area contributed by atoms with E-state index in [1.807, 2.05) is 29.2 Å². The molecule has 0 bridgehead atoms. The molecule has 1 aromatic carbocycles. The van der Waals surface area contributed by atoms with E-state index in [-0.39, 0.29) is 5.91 Å². The number of carbonyl (C=O) groups is 1. The molecule has 0 unspecified atom stereocenters. The quantitative estimate of drug-likeness (QED) is 0.864. The Bertz CT molecular complexity index is 678. The van der Waals surface area contributed by atoms with E-state index in [2.05, 4.69) is 4.90 Å². The summed E-state index contributed by atoms with van der Waals surface area (Å²) in [7, 11) is 1.62. The number of aliphatic hydroxyl groups excluding tert-OH is 1. The van der Waals surface area contributed by atoms with Gasteiger partial charge in [-0.15, -0.1) is 0 Å². The Hall–Kier alpha value is -2.31. The van der Waals surface area contributed by atoms with Crippen molar-refractivity contribution in [1.29, 1.82) is 0 Å². The highest BCUT2D eigenvalue weighted by molar-refractivity contribution is 5.79. The number of furan rings is 1. The molecule has 25 heavy (non-hydrogen) atoms. The summed E-state index contributed by atoms with van der Waals surface area (Å²) in [4.78, 5) is 16.5. The molecule has 1 amide bonds. The summed E-state index contributed by atoms with van der Waals surface area (Å²) in [6, 6.07) is 11.2. The van der Waals surface area contributed by atoms with Crippen molar-refractivity contribution in [2.24, 2.45) is 0 Å². The van der Waals surface area contributed by atoms with Gasteiger partial charge in [0, 0.05) is 32.7 Å². The topological polar surface area (TPSA) is 66.2 Å². The van der Waals surface area contributed by atoms with Crippen molar-refractivity contribution >= 4 is 5.91 Å². The van der Waals surface area contributed by atoms with Gasteiger partial charge in [-0.05, 0) is 29.8 Å². The van der Waals surface area contributed by atoms with Gasteiger partial charge >= 0.3 is 0 Å². The summed E-state index contributed by atoms with van der Waals surface area (Å²) < 4.78 is 10.4. The van der Waals surface area contributed by atoms with Crippen LogP contribution in [0.5, 0.6) is 5.75 Å². The van der Waals surface area contributed by atoms with Gasteiger partial charge < -0.3 is 19.2 Å². The van der Waals surface area contributed by atoms with Crippen molar-refractivity contribution in [3.63, 3.8) is 0 Å². The Morgan fingerprint density at radius 2 is 2.04 bits per heavy atom. The first-order chi connectivity index (χ1) is 12.2. The number of nitrogens with zero attached hydrogens (tertiary/aromatic N) is 2. The van der Waals surface area contributed by atoms with E-state index in [1.54, 1.807) is 25.5 Å². The van der Waals surface area contributed by atoms with E-state index in [0.717, 1.165) is 24.4 Å². The van der Waals surface area contributed by atoms with Crippen LogP contribution >= 0.6 is 0 Å². The molecule has 1 saturated heterocycles. The summed E-state index contributed by atoms with van der Waals surface area (Å²) in [5, 5.41) is 10.2. The number of hydrogen-bond donors (Lipinski definition) is 1. The van der Waals surface area contributed by atoms with Crippen molar-refractivity contribution < 1.29 is 19.1 Å². The van der Waals surface area contributed by atoms with Crippen molar-refractivity contribution in [2.75, 3.05) is 39.8 Å². The third-order valence-electron chi connectivity index (χ3n) is 4.52. The molecule has 1 aliphatic heterocycles. The lowest BCUT2D eigenvalue weighted by molar-refractivity contribution is -0.132. The third kappa shape index (κ3) is 4.61.